The fraction of sp³-hybridized carbons (Fsp3) is 0.750. The Labute approximate surface area is 113 Å². The molecule has 108 valence electrons. The second-order valence-corrected chi connectivity index (χ2v) is 4.81. The summed E-state index contributed by atoms with van der Waals surface area (Å²) in [7, 11) is 1.74. The zero-order chi connectivity index (χ0) is 14.3. The molecule has 1 aromatic heterocycles. The highest BCUT2D eigenvalue weighted by atomic mass is 16.4. The van der Waals surface area contributed by atoms with Crippen LogP contribution in [-0.4, -0.2) is 42.8 Å². The number of carbonyl (C=O) groups is 1. The van der Waals surface area contributed by atoms with E-state index in [1.54, 1.807) is 11.9 Å². The van der Waals surface area contributed by atoms with Crippen LogP contribution < -0.4 is 15.5 Å². The molecule has 7 nitrogen and oxygen atoms in total. The van der Waals surface area contributed by atoms with E-state index in [4.69, 9.17) is 4.42 Å². The zero-order valence-electron chi connectivity index (χ0n) is 12.1. The molecule has 0 radical (unpaired) electrons. The lowest BCUT2D eigenvalue weighted by molar-refractivity contribution is -0.119. The summed E-state index contributed by atoms with van der Waals surface area (Å²) in [6.45, 7) is 8.39. The third kappa shape index (κ3) is 5.69. The van der Waals surface area contributed by atoms with Gasteiger partial charge in [-0.1, -0.05) is 18.9 Å². The van der Waals surface area contributed by atoms with Gasteiger partial charge >= 0.3 is 6.01 Å². The second-order valence-electron chi connectivity index (χ2n) is 4.81. The summed E-state index contributed by atoms with van der Waals surface area (Å²) < 4.78 is 5.47. The summed E-state index contributed by atoms with van der Waals surface area (Å²) in [6.07, 6.45) is 0. The van der Waals surface area contributed by atoms with Crippen LogP contribution in [0.25, 0.3) is 0 Å². The van der Waals surface area contributed by atoms with Crippen molar-refractivity contribution in [2.75, 3.05) is 31.6 Å². The molecule has 0 unspecified atom stereocenters. The van der Waals surface area contributed by atoms with Crippen LogP contribution in [0.15, 0.2) is 4.42 Å². The van der Waals surface area contributed by atoms with Crippen LogP contribution in [0.4, 0.5) is 6.01 Å². The van der Waals surface area contributed by atoms with E-state index in [2.05, 4.69) is 34.7 Å². The molecule has 2 N–H and O–H groups in total. The largest absolute Gasteiger partial charge is 0.407 e. The van der Waals surface area contributed by atoms with Gasteiger partial charge in [-0.3, -0.25) is 4.79 Å². The van der Waals surface area contributed by atoms with Crippen LogP contribution in [0.5, 0.6) is 0 Å². The van der Waals surface area contributed by atoms with Gasteiger partial charge in [0.15, 0.2) is 0 Å². The number of likely N-dealkylation sites (N-methyl/N-ethyl adjacent to an activating group) is 2. The van der Waals surface area contributed by atoms with E-state index in [0.717, 1.165) is 6.54 Å². The first-order chi connectivity index (χ1) is 9.02. The quantitative estimate of drug-likeness (QED) is 0.710. The van der Waals surface area contributed by atoms with E-state index in [-0.39, 0.29) is 12.5 Å². The van der Waals surface area contributed by atoms with Crippen molar-refractivity contribution in [3.05, 3.63) is 5.89 Å². The van der Waals surface area contributed by atoms with Crippen molar-refractivity contribution in [3.63, 3.8) is 0 Å². The molecule has 0 spiro atoms. The third-order valence-corrected chi connectivity index (χ3v) is 2.37. The third-order valence-electron chi connectivity index (χ3n) is 2.37. The summed E-state index contributed by atoms with van der Waals surface area (Å²) in [5.74, 6) is 1.03. The van der Waals surface area contributed by atoms with E-state index in [0.29, 0.717) is 30.9 Å². The number of rotatable bonds is 8. The Morgan fingerprint density at radius 2 is 2.16 bits per heavy atom. The van der Waals surface area contributed by atoms with Crippen LogP contribution in [0.3, 0.4) is 0 Å². The lowest BCUT2D eigenvalue weighted by Gasteiger charge is -2.12. The van der Waals surface area contributed by atoms with E-state index in [1.807, 2.05) is 6.92 Å². The van der Waals surface area contributed by atoms with Gasteiger partial charge in [0.25, 0.3) is 0 Å². The average Bonchev–Trinajstić information content (AvgIpc) is 2.77. The first kappa shape index (κ1) is 15.4. The number of hydrogen-bond acceptors (Lipinski definition) is 6. The Morgan fingerprint density at radius 1 is 1.42 bits per heavy atom. The maximum Gasteiger partial charge on any atom is 0.318 e. The van der Waals surface area contributed by atoms with E-state index < -0.39 is 0 Å². The van der Waals surface area contributed by atoms with Crippen molar-refractivity contribution in [3.8, 4) is 0 Å². The molecule has 0 atom stereocenters. The number of nitrogens with one attached hydrogen (secondary N) is 2. The van der Waals surface area contributed by atoms with E-state index in [1.165, 1.54) is 0 Å². The highest BCUT2D eigenvalue weighted by Crippen LogP contribution is 2.09. The Balaban J connectivity index is 2.42. The summed E-state index contributed by atoms with van der Waals surface area (Å²) in [6, 6.07) is 0.354. The number of anilines is 1. The SMILES string of the molecule is CCNC(=O)CN(C)c1nnc(CNCC(C)C)o1. The smallest absolute Gasteiger partial charge is 0.318 e. The highest BCUT2D eigenvalue weighted by Gasteiger charge is 2.13. The molecule has 0 bridgehead atoms. The molecule has 0 saturated carbocycles. The predicted molar refractivity (Wildman–Crippen MR) is 72.8 cm³/mol. The number of aromatic nitrogens is 2. The Morgan fingerprint density at radius 3 is 2.79 bits per heavy atom. The molecular formula is C12H23N5O2. The van der Waals surface area contributed by atoms with Gasteiger partial charge in [-0.05, 0) is 19.4 Å². The van der Waals surface area contributed by atoms with Crippen LogP contribution in [0.2, 0.25) is 0 Å². The molecule has 1 amide bonds. The predicted octanol–water partition coefficient (Wildman–Crippen LogP) is 0.388. The second kappa shape index (κ2) is 7.73. The fourth-order valence-electron chi connectivity index (χ4n) is 1.47. The van der Waals surface area contributed by atoms with Crippen molar-refractivity contribution in [2.24, 2.45) is 5.92 Å². The van der Waals surface area contributed by atoms with Crippen LogP contribution in [0, 0.1) is 5.92 Å². The summed E-state index contributed by atoms with van der Waals surface area (Å²) >= 11 is 0. The molecule has 0 fully saturated rings. The molecule has 1 rings (SSSR count). The van der Waals surface area contributed by atoms with Gasteiger partial charge in [-0.2, -0.15) is 0 Å². The molecule has 0 aliphatic carbocycles. The number of carbonyl (C=O) groups excluding carboxylic acids is 1. The van der Waals surface area contributed by atoms with Crippen molar-refractivity contribution in [1.29, 1.82) is 0 Å². The topological polar surface area (TPSA) is 83.3 Å². The maximum absolute atomic E-state index is 11.4. The fourth-order valence-corrected chi connectivity index (χ4v) is 1.47. The van der Waals surface area contributed by atoms with Crippen LogP contribution >= 0.6 is 0 Å². The Bertz CT molecular complexity index is 391. The zero-order valence-corrected chi connectivity index (χ0v) is 12.1. The minimum Gasteiger partial charge on any atom is -0.407 e. The molecule has 7 heteroatoms. The summed E-state index contributed by atoms with van der Waals surface area (Å²) in [4.78, 5) is 13.1. The molecule has 1 aromatic rings. The molecule has 1 heterocycles. The molecule has 0 saturated heterocycles. The van der Waals surface area contributed by atoms with Gasteiger partial charge in [0.2, 0.25) is 11.8 Å². The highest BCUT2D eigenvalue weighted by molar-refractivity contribution is 5.80. The maximum atomic E-state index is 11.4. The number of nitrogens with zero attached hydrogens (tertiary/aromatic N) is 3. The Hall–Kier alpha value is -1.63. The number of amides is 1. The normalized spacial score (nSPS) is 10.8. The average molecular weight is 269 g/mol. The monoisotopic (exact) mass is 269 g/mol. The minimum absolute atomic E-state index is 0.0670. The molecule has 19 heavy (non-hydrogen) atoms. The van der Waals surface area contributed by atoms with Crippen molar-refractivity contribution in [1.82, 2.24) is 20.8 Å². The van der Waals surface area contributed by atoms with Gasteiger partial charge in [0.05, 0.1) is 6.54 Å². The van der Waals surface area contributed by atoms with Crippen molar-refractivity contribution < 1.29 is 9.21 Å². The van der Waals surface area contributed by atoms with Gasteiger partial charge < -0.3 is 20.0 Å². The summed E-state index contributed by atoms with van der Waals surface area (Å²) in [5.41, 5.74) is 0. The minimum atomic E-state index is -0.0670. The lowest BCUT2D eigenvalue weighted by Crippen LogP contribution is -2.35. The van der Waals surface area contributed by atoms with E-state index >= 15 is 0 Å². The standard InChI is InChI=1S/C12H23N5O2/c1-5-14-10(18)8-17(4)12-16-15-11(19-12)7-13-6-9(2)3/h9,13H,5-8H2,1-4H3,(H,14,18). The molecule has 0 aliphatic rings. The van der Waals surface area contributed by atoms with Gasteiger partial charge in [0, 0.05) is 13.6 Å². The first-order valence-electron chi connectivity index (χ1n) is 6.53. The van der Waals surface area contributed by atoms with Crippen LogP contribution in [0.1, 0.15) is 26.7 Å². The van der Waals surface area contributed by atoms with Gasteiger partial charge in [0.1, 0.15) is 6.54 Å². The van der Waals surface area contributed by atoms with Gasteiger partial charge in [-0.15, -0.1) is 5.10 Å². The van der Waals surface area contributed by atoms with Crippen LogP contribution in [-0.2, 0) is 11.3 Å². The Kier molecular flexibility index (Phi) is 6.27. The number of hydrogen-bond donors (Lipinski definition) is 2. The molecule has 0 aliphatic heterocycles. The molecule has 0 aromatic carbocycles. The molecular weight excluding hydrogens is 246 g/mol. The van der Waals surface area contributed by atoms with Crippen molar-refractivity contribution in [2.45, 2.75) is 27.3 Å². The van der Waals surface area contributed by atoms with Gasteiger partial charge in [-0.25, -0.2) is 0 Å². The summed E-state index contributed by atoms with van der Waals surface area (Å²) in [5, 5.41) is 13.8. The first-order valence-corrected chi connectivity index (χ1v) is 6.53. The van der Waals surface area contributed by atoms with Crippen molar-refractivity contribution >= 4 is 11.9 Å². The van der Waals surface area contributed by atoms with E-state index in [9.17, 15) is 4.79 Å². The lowest BCUT2D eigenvalue weighted by atomic mass is 10.2.